The van der Waals surface area contributed by atoms with Crippen molar-refractivity contribution in [2.45, 2.75) is 0 Å². The first-order valence-electron chi connectivity index (χ1n) is 3.62. The number of nitrogen functional groups attached to an aromatic ring is 1. The zero-order valence-corrected chi connectivity index (χ0v) is 6.64. The first-order valence-corrected chi connectivity index (χ1v) is 3.62. The first kappa shape index (κ1) is 7.53. The minimum absolute atomic E-state index is 0.0989. The second-order valence-electron chi connectivity index (χ2n) is 2.43. The number of aromatic nitrogens is 4. The van der Waals surface area contributed by atoms with Crippen LogP contribution in [0, 0.1) is 0 Å². The summed E-state index contributed by atoms with van der Waals surface area (Å²) < 4.78 is 1.18. The molecule has 0 bridgehead atoms. The van der Waals surface area contributed by atoms with Crippen LogP contribution < -0.4 is 11.4 Å². The molecule has 0 aliphatic carbocycles. The molecule has 6 heteroatoms. The summed E-state index contributed by atoms with van der Waals surface area (Å²) in [4.78, 5) is 17.4. The first-order chi connectivity index (χ1) is 6.27. The van der Waals surface area contributed by atoms with Crippen LogP contribution in [0.1, 0.15) is 0 Å². The Hall–Kier alpha value is -2.11. The zero-order chi connectivity index (χ0) is 9.26. The minimum Gasteiger partial charge on any atom is -0.368 e. The summed E-state index contributed by atoms with van der Waals surface area (Å²) in [6.07, 6.45) is 3.15. The zero-order valence-electron chi connectivity index (χ0n) is 6.64. The summed E-state index contributed by atoms with van der Waals surface area (Å²) in [5, 5.41) is 3.78. The Morgan fingerprint density at radius 1 is 1.38 bits per heavy atom. The molecule has 2 rings (SSSR count). The molecule has 0 saturated heterocycles. The number of hydrogen-bond donors (Lipinski definition) is 2. The van der Waals surface area contributed by atoms with Gasteiger partial charge in [-0.25, -0.2) is 4.79 Å². The molecule has 0 aliphatic heterocycles. The van der Waals surface area contributed by atoms with Crippen molar-refractivity contribution in [1.29, 1.82) is 0 Å². The number of nitrogens with one attached hydrogen (secondary N) is 1. The van der Waals surface area contributed by atoms with Crippen LogP contribution in [0.15, 0.2) is 29.3 Å². The predicted octanol–water partition coefficient (Wildman–Crippen LogP) is -0.462. The minimum atomic E-state index is -0.358. The number of hydrogen-bond acceptors (Lipinski definition) is 4. The van der Waals surface area contributed by atoms with Crippen LogP contribution in [0.4, 0.5) is 5.95 Å². The Morgan fingerprint density at radius 3 is 2.62 bits per heavy atom. The van der Waals surface area contributed by atoms with E-state index in [4.69, 9.17) is 5.73 Å². The number of nitrogens with two attached hydrogens (primary N) is 1. The normalized spacial score (nSPS) is 10.2. The molecule has 0 saturated carbocycles. The fraction of sp³-hybridized carbons (Fsp3) is 0. The van der Waals surface area contributed by atoms with E-state index in [1.807, 2.05) is 0 Å². The molecule has 3 N–H and O–H groups in total. The lowest BCUT2D eigenvalue weighted by Crippen LogP contribution is -2.15. The number of pyridine rings is 1. The van der Waals surface area contributed by atoms with Gasteiger partial charge in [0.25, 0.3) is 0 Å². The maximum Gasteiger partial charge on any atom is 0.349 e. The quantitative estimate of drug-likeness (QED) is 0.616. The molecule has 0 unspecified atom stereocenters. The van der Waals surface area contributed by atoms with E-state index in [1.165, 1.54) is 4.68 Å². The van der Waals surface area contributed by atoms with Crippen molar-refractivity contribution in [3.63, 3.8) is 0 Å². The second kappa shape index (κ2) is 2.74. The standard InChI is InChI=1S/C7H7N5O/c8-6-10-7(13)12(11-6)5-1-3-9-4-2-5/h1-4H,(H3,8,10,11,13). The van der Waals surface area contributed by atoms with Crippen LogP contribution in [0.3, 0.4) is 0 Å². The Morgan fingerprint density at radius 2 is 2.08 bits per heavy atom. The topological polar surface area (TPSA) is 89.6 Å². The summed E-state index contributed by atoms with van der Waals surface area (Å²) in [6.45, 7) is 0. The third kappa shape index (κ3) is 1.28. The lowest BCUT2D eigenvalue weighted by molar-refractivity contribution is 0.843. The fourth-order valence-electron chi connectivity index (χ4n) is 1.00. The molecule has 0 radical (unpaired) electrons. The van der Waals surface area contributed by atoms with Gasteiger partial charge < -0.3 is 5.73 Å². The van der Waals surface area contributed by atoms with Crippen molar-refractivity contribution >= 4 is 5.95 Å². The summed E-state index contributed by atoms with van der Waals surface area (Å²) in [6, 6.07) is 3.34. The van der Waals surface area contributed by atoms with Crippen LogP contribution in [0.25, 0.3) is 5.69 Å². The Kier molecular flexibility index (Phi) is 1.59. The molecule has 13 heavy (non-hydrogen) atoms. The smallest absolute Gasteiger partial charge is 0.349 e. The molecule has 0 aliphatic rings. The molecule has 2 heterocycles. The molecule has 0 amide bonds. The third-order valence-corrected chi connectivity index (χ3v) is 1.54. The fourth-order valence-corrected chi connectivity index (χ4v) is 1.00. The predicted molar refractivity (Wildman–Crippen MR) is 46.4 cm³/mol. The van der Waals surface area contributed by atoms with E-state index in [1.54, 1.807) is 24.5 Å². The van der Waals surface area contributed by atoms with Crippen molar-refractivity contribution in [3.8, 4) is 5.69 Å². The van der Waals surface area contributed by atoms with E-state index >= 15 is 0 Å². The van der Waals surface area contributed by atoms with Gasteiger partial charge in [0, 0.05) is 12.4 Å². The summed E-state index contributed by atoms with van der Waals surface area (Å²) in [5.74, 6) is 0.0989. The van der Waals surface area contributed by atoms with E-state index < -0.39 is 0 Å². The highest BCUT2D eigenvalue weighted by molar-refractivity contribution is 5.28. The second-order valence-corrected chi connectivity index (χ2v) is 2.43. The highest BCUT2D eigenvalue weighted by Crippen LogP contribution is 1.99. The van der Waals surface area contributed by atoms with Gasteiger partial charge in [-0.3, -0.25) is 9.97 Å². The van der Waals surface area contributed by atoms with Crippen molar-refractivity contribution in [1.82, 2.24) is 19.7 Å². The molecule has 66 valence electrons. The highest BCUT2D eigenvalue weighted by Gasteiger charge is 2.02. The van der Waals surface area contributed by atoms with Crippen molar-refractivity contribution in [2.75, 3.05) is 5.73 Å². The van der Waals surface area contributed by atoms with E-state index in [0.29, 0.717) is 5.69 Å². The number of rotatable bonds is 1. The average molecular weight is 177 g/mol. The van der Waals surface area contributed by atoms with E-state index in [0.717, 1.165) is 0 Å². The van der Waals surface area contributed by atoms with Crippen molar-refractivity contribution in [3.05, 3.63) is 35.0 Å². The van der Waals surface area contributed by atoms with Gasteiger partial charge >= 0.3 is 5.69 Å². The Bertz CT molecular complexity index is 457. The Balaban J connectivity index is 2.59. The molecular formula is C7H7N5O. The van der Waals surface area contributed by atoms with Gasteiger partial charge in [0.15, 0.2) is 0 Å². The largest absolute Gasteiger partial charge is 0.368 e. The molecule has 2 aromatic heterocycles. The molecular weight excluding hydrogens is 170 g/mol. The van der Waals surface area contributed by atoms with E-state index in [-0.39, 0.29) is 11.6 Å². The Labute approximate surface area is 73.0 Å². The van der Waals surface area contributed by atoms with Gasteiger partial charge in [0.05, 0.1) is 5.69 Å². The van der Waals surface area contributed by atoms with Crippen LogP contribution in [-0.4, -0.2) is 19.7 Å². The van der Waals surface area contributed by atoms with Crippen molar-refractivity contribution < 1.29 is 0 Å². The van der Waals surface area contributed by atoms with Crippen molar-refractivity contribution in [2.24, 2.45) is 0 Å². The van der Waals surface area contributed by atoms with Crippen LogP contribution in [-0.2, 0) is 0 Å². The number of H-pyrrole nitrogens is 1. The lowest BCUT2D eigenvalue weighted by Gasteiger charge is -1.95. The number of anilines is 1. The van der Waals surface area contributed by atoms with Gasteiger partial charge in [-0.05, 0) is 12.1 Å². The monoisotopic (exact) mass is 177 g/mol. The third-order valence-electron chi connectivity index (χ3n) is 1.54. The molecule has 6 nitrogen and oxygen atoms in total. The SMILES string of the molecule is Nc1nn(-c2ccncc2)c(=O)[nH]1. The molecule has 2 aromatic rings. The van der Waals surface area contributed by atoms with E-state index in [2.05, 4.69) is 15.1 Å². The highest BCUT2D eigenvalue weighted by atomic mass is 16.2. The molecule has 0 spiro atoms. The maximum absolute atomic E-state index is 11.2. The summed E-state index contributed by atoms with van der Waals surface area (Å²) in [5.41, 5.74) is 5.59. The average Bonchev–Trinajstić information content (AvgIpc) is 2.47. The maximum atomic E-state index is 11.2. The molecule has 0 aromatic carbocycles. The number of aromatic amines is 1. The van der Waals surface area contributed by atoms with Gasteiger partial charge in [-0.1, -0.05) is 0 Å². The summed E-state index contributed by atoms with van der Waals surface area (Å²) in [7, 11) is 0. The van der Waals surface area contributed by atoms with E-state index in [9.17, 15) is 4.79 Å². The summed E-state index contributed by atoms with van der Waals surface area (Å²) >= 11 is 0. The van der Waals surface area contributed by atoms with Gasteiger partial charge in [-0.15, -0.1) is 5.10 Å². The lowest BCUT2D eigenvalue weighted by atomic mass is 10.4. The molecule has 0 atom stereocenters. The van der Waals surface area contributed by atoms with Crippen LogP contribution in [0.5, 0.6) is 0 Å². The van der Waals surface area contributed by atoms with Gasteiger partial charge in [0.1, 0.15) is 0 Å². The molecule has 0 fully saturated rings. The van der Waals surface area contributed by atoms with Crippen LogP contribution >= 0.6 is 0 Å². The number of nitrogens with zero attached hydrogens (tertiary/aromatic N) is 3. The van der Waals surface area contributed by atoms with Gasteiger partial charge in [-0.2, -0.15) is 4.68 Å². The van der Waals surface area contributed by atoms with Crippen LogP contribution in [0.2, 0.25) is 0 Å². The van der Waals surface area contributed by atoms with Gasteiger partial charge in [0.2, 0.25) is 5.95 Å².